The summed E-state index contributed by atoms with van der Waals surface area (Å²) in [5.74, 6) is -0.431. The maximum Gasteiger partial charge on any atom is 0.279 e. The lowest BCUT2D eigenvalue weighted by Gasteiger charge is -2.19. The van der Waals surface area contributed by atoms with Crippen molar-refractivity contribution < 1.29 is 17.9 Å². The van der Waals surface area contributed by atoms with Crippen LogP contribution < -0.4 is 9.11 Å². The summed E-state index contributed by atoms with van der Waals surface area (Å²) < 4.78 is 35.8. The van der Waals surface area contributed by atoms with Crippen molar-refractivity contribution in [2.24, 2.45) is 4.99 Å². The van der Waals surface area contributed by atoms with Crippen LogP contribution >= 0.6 is 11.3 Å². The first kappa shape index (κ1) is 24.8. The van der Waals surface area contributed by atoms with Gasteiger partial charge in [0.2, 0.25) is 0 Å². The monoisotopic (exact) mass is 509 g/mol. The number of ether oxygens (including phenoxy) is 1. The SMILES string of the molecule is CCOCCn1c(=NC(=O)c2ccc(S(=O)(=O)N(C)c3ccccc3)cc2)sc2cccc(C)c21. The maximum absolute atomic E-state index is 13.0. The number of nitrogens with zero attached hydrogens (tertiary/aromatic N) is 3. The van der Waals surface area contributed by atoms with Gasteiger partial charge in [-0.15, -0.1) is 0 Å². The second-order valence-electron chi connectivity index (χ2n) is 7.90. The van der Waals surface area contributed by atoms with Crippen molar-refractivity contribution in [3.63, 3.8) is 0 Å². The minimum atomic E-state index is -3.76. The average molecular weight is 510 g/mol. The van der Waals surface area contributed by atoms with Gasteiger partial charge in [-0.05, 0) is 61.9 Å². The zero-order valence-electron chi connectivity index (χ0n) is 19.8. The highest BCUT2D eigenvalue weighted by Gasteiger charge is 2.21. The van der Waals surface area contributed by atoms with Gasteiger partial charge in [0.25, 0.3) is 15.9 Å². The third-order valence-corrected chi connectivity index (χ3v) is 8.49. The first-order chi connectivity index (χ1) is 16.8. The number of aromatic nitrogens is 1. The van der Waals surface area contributed by atoms with Gasteiger partial charge in [0.05, 0.1) is 27.4 Å². The second-order valence-corrected chi connectivity index (χ2v) is 10.9. The molecule has 0 bridgehead atoms. The lowest BCUT2D eigenvalue weighted by Crippen LogP contribution is -2.26. The second kappa shape index (κ2) is 10.6. The fourth-order valence-corrected chi connectivity index (χ4v) is 6.08. The van der Waals surface area contributed by atoms with Crippen molar-refractivity contribution in [3.8, 4) is 0 Å². The van der Waals surface area contributed by atoms with Gasteiger partial charge >= 0.3 is 0 Å². The van der Waals surface area contributed by atoms with E-state index in [1.807, 2.05) is 42.7 Å². The molecule has 0 N–H and O–H groups in total. The zero-order chi connectivity index (χ0) is 25.0. The van der Waals surface area contributed by atoms with Gasteiger partial charge in [-0.1, -0.05) is 41.7 Å². The summed E-state index contributed by atoms with van der Waals surface area (Å²) in [5.41, 5.74) is 3.01. The van der Waals surface area contributed by atoms with Gasteiger partial charge < -0.3 is 9.30 Å². The van der Waals surface area contributed by atoms with Gasteiger partial charge in [0, 0.05) is 25.8 Å². The molecule has 0 aliphatic heterocycles. The van der Waals surface area contributed by atoms with E-state index < -0.39 is 15.9 Å². The molecule has 1 heterocycles. The molecule has 0 saturated carbocycles. The molecule has 0 aliphatic rings. The number of para-hydroxylation sites is 2. The molecule has 0 unspecified atom stereocenters. The van der Waals surface area contributed by atoms with Crippen molar-refractivity contribution in [1.82, 2.24) is 4.57 Å². The number of sulfonamides is 1. The Morgan fingerprint density at radius 3 is 2.43 bits per heavy atom. The van der Waals surface area contributed by atoms with Crippen molar-refractivity contribution in [3.05, 3.63) is 88.7 Å². The number of thiazole rings is 1. The Morgan fingerprint density at radius 2 is 1.74 bits per heavy atom. The van der Waals surface area contributed by atoms with Gasteiger partial charge in [0.15, 0.2) is 4.80 Å². The van der Waals surface area contributed by atoms with E-state index in [-0.39, 0.29) is 4.90 Å². The number of aryl methyl sites for hydroxylation is 1. The lowest BCUT2D eigenvalue weighted by molar-refractivity contribution is 0.0996. The molecule has 1 aromatic heterocycles. The summed E-state index contributed by atoms with van der Waals surface area (Å²) in [6, 6.07) is 20.7. The molecule has 0 aliphatic carbocycles. The quantitative estimate of drug-likeness (QED) is 0.325. The summed E-state index contributed by atoms with van der Waals surface area (Å²) in [7, 11) is -2.26. The largest absolute Gasteiger partial charge is 0.380 e. The number of hydrogen-bond donors (Lipinski definition) is 0. The van der Waals surface area contributed by atoms with Crippen LogP contribution in [0.25, 0.3) is 10.2 Å². The normalized spacial score (nSPS) is 12.3. The van der Waals surface area contributed by atoms with E-state index in [1.165, 1.54) is 47.0 Å². The Bertz CT molecular complexity index is 1510. The molecule has 0 atom stereocenters. The number of fused-ring (bicyclic) bond motifs is 1. The number of carbonyl (C=O) groups excluding carboxylic acids is 1. The van der Waals surface area contributed by atoms with Crippen LogP contribution in [0, 0.1) is 6.92 Å². The van der Waals surface area contributed by atoms with Gasteiger partial charge in [-0.3, -0.25) is 9.10 Å². The highest BCUT2D eigenvalue weighted by Crippen LogP contribution is 2.23. The van der Waals surface area contributed by atoms with Gasteiger partial charge in [-0.25, -0.2) is 8.42 Å². The van der Waals surface area contributed by atoms with E-state index >= 15 is 0 Å². The van der Waals surface area contributed by atoms with Crippen LogP contribution in [0.3, 0.4) is 0 Å². The smallest absolute Gasteiger partial charge is 0.279 e. The van der Waals surface area contributed by atoms with Crippen LogP contribution in [0.1, 0.15) is 22.8 Å². The molecule has 7 nitrogen and oxygen atoms in total. The zero-order valence-corrected chi connectivity index (χ0v) is 21.5. The molecular weight excluding hydrogens is 482 g/mol. The van der Waals surface area contributed by atoms with Crippen molar-refractivity contribution >= 4 is 43.2 Å². The number of hydrogen-bond acceptors (Lipinski definition) is 5. The minimum Gasteiger partial charge on any atom is -0.380 e. The van der Waals surface area contributed by atoms with E-state index in [9.17, 15) is 13.2 Å². The molecule has 9 heteroatoms. The fraction of sp³-hybridized carbons (Fsp3) is 0.231. The van der Waals surface area contributed by atoms with Gasteiger partial charge in [0.1, 0.15) is 0 Å². The Balaban J connectivity index is 1.65. The van der Waals surface area contributed by atoms with Gasteiger partial charge in [-0.2, -0.15) is 4.99 Å². The van der Waals surface area contributed by atoms with Crippen LogP contribution in [0.2, 0.25) is 0 Å². The van der Waals surface area contributed by atoms with Crippen molar-refractivity contribution in [1.29, 1.82) is 0 Å². The highest BCUT2D eigenvalue weighted by atomic mass is 32.2. The van der Waals surface area contributed by atoms with Crippen LogP contribution in [-0.2, 0) is 21.3 Å². The van der Waals surface area contributed by atoms with Crippen LogP contribution in [0.5, 0.6) is 0 Å². The summed E-state index contributed by atoms with van der Waals surface area (Å²) in [6.45, 7) is 5.68. The molecular formula is C26H27N3O4S2. The standard InChI is InChI=1S/C26H27N3O4S2/c1-4-33-18-17-29-24-19(2)9-8-12-23(24)34-26(29)27-25(30)20-13-15-22(16-14-20)35(31,32)28(3)21-10-6-5-7-11-21/h5-16H,4,17-18H2,1-3H3. The molecule has 3 aromatic carbocycles. The lowest BCUT2D eigenvalue weighted by atomic mass is 10.2. The fourth-order valence-electron chi connectivity index (χ4n) is 3.76. The molecule has 1 amide bonds. The van der Waals surface area contributed by atoms with Crippen LogP contribution in [0.15, 0.2) is 82.7 Å². The molecule has 4 aromatic rings. The van der Waals surface area contributed by atoms with Crippen molar-refractivity contribution in [2.75, 3.05) is 24.6 Å². The third-order valence-electron chi connectivity index (χ3n) is 5.64. The van der Waals surface area contributed by atoms with E-state index in [0.29, 0.717) is 35.8 Å². The Morgan fingerprint density at radius 1 is 1.03 bits per heavy atom. The van der Waals surface area contributed by atoms with Crippen LogP contribution in [0.4, 0.5) is 5.69 Å². The first-order valence-corrected chi connectivity index (χ1v) is 13.5. The molecule has 0 spiro atoms. The number of rotatable bonds is 8. The van der Waals surface area contributed by atoms with Crippen molar-refractivity contribution in [2.45, 2.75) is 25.3 Å². The molecule has 35 heavy (non-hydrogen) atoms. The molecule has 4 rings (SSSR count). The predicted molar refractivity (Wildman–Crippen MR) is 139 cm³/mol. The number of amides is 1. The van der Waals surface area contributed by atoms with Crippen LogP contribution in [-0.4, -0.2) is 39.2 Å². The number of anilines is 1. The Kier molecular flexibility index (Phi) is 7.49. The molecule has 0 radical (unpaired) electrons. The summed E-state index contributed by atoms with van der Waals surface area (Å²) in [5, 5.41) is 0. The Labute approximate surface area is 209 Å². The third kappa shape index (κ3) is 5.22. The number of benzene rings is 3. The topological polar surface area (TPSA) is 81.0 Å². The van der Waals surface area contributed by atoms with E-state index in [0.717, 1.165) is 15.8 Å². The number of carbonyl (C=O) groups is 1. The van der Waals surface area contributed by atoms with E-state index in [2.05, 4.69) is 4.99 Å². The minimum absolute atomic E-state index is 0.102. The predicted octanol–water partition coefficient (Wildman–Crippen LogP) is 4.61. The summed E-state index contributed by atoms with van der Waals surface area (Å²) in [6.07, 6.45) is 0. The summed E-state index contributed by atoms with van der Waals surface area (Å²) >= 11 is 1.45. The average Bonchev–Trinajstić information content (AvgIpc) is 3.22. The highest BCUT2D eigenvalue weighted by molar-refractivity contribution is 7.92. The van der Waals surface area contributed by atoms with E-state index in [4.69, 9.17) is 4.74 Å². The Hall–Kier alpha value is -3.27. The maximum atomic E-state index is 13.0. The van der Waals surface area contributed by atoms with E-state index in [1.54, 1.807) is 24.3 Å². The molecule has 182 valence electrons. The molecule has 0 saturated heterocycles. The molecule has 0 fully saturated rings. The first-order valence-electron chi connectivity index (χ1n) is 11.2. The summed E-state index contributed by atoms with van der Waals surface area (Å²) in [4.78, 5) is 18.1.